The number of benzene rings is 2. The van der Waals surface area contributed by atoms with Gasteiger partial charge in [0, 0.05) is 17.1 Å². The number of hydrogen-bond donors (Lipinski definition) is 1. The molecule has 168 valence electrons. The summed E-state index contributed by atoms with van der Waals surface area (Å²) in [6.07, 6.45) is 0. The Morgan fingerprint density at radius 1 is 1.19 bits per heavy atom. The van der Waals surface area contributed by atoms with Crippen LogP contribution in [0, 0.1) is 0 Å². The first-order valence-electron chi connectivity index (χ1n) is 9.82. The van der Waals surface area contributed by atoms with Crippen LogP contribution in [0.3, 0.4) is 0 Å². The highest BCUT2D eigenvalue weighted by atomic mass is 79.9. The van der Waals surface area contributed by atoms with Gasteiger partial charge in [-0.25, -0.2) is 0 Å². The maximum absolute atomic E-state index is 13.1. The number of nitrogens with zero attached hydrogens (tertiary/aromatic N) is 1. The van der Waals surface area contributed by atoms with Crippen LogP contribution in [-0.4, -0.2) is 42.0 Å². The minimum absolute atomic E-state index is 0.225. The van der Waals surface area contributed by atoms with E-state index in [1.165, 1.54) is 4.90 Å². The highest BCUT2D eigenvalue weighted by Crippen LogP contribution is 2.28. The molecule has 0 aliphatic carbocycles. The number of amides is 2. The van der Waals surface area contributed by atoms with Crippen molar-refractivity contribution in [1.29, 1.82) is 0 Å². The van der Waals surface area contributed by atoms with Gasteiger partial charge in [-0.15, -0.1) is 0 Å². The minimum Gasteiger partial charge on any atom is -0.497 e. The minimum atomic E-state index is -0.699. The summed E-state index contributed by atoms with van der Waals surface area (Å²) in [5.41, 5.74) is 0.427. The Balaban J connectivity index is 2.22. The fraction of sp³-hybridized carbons (Fsp3) is 0.391. The third-order valence-corrected chi connectivity index (χ3v) is 5.25. The van der Waals surface area contributed by atoms with Crippen molar-refractivity contribution in [3.8, 4) is 11.5 Å². The Morgan fingerprint density at radius 3 is 2.52 bits per heavy atom. The van der Waals surface area contributed by atoms with E-state index in [-0.39, 0.29) is 25.0 Å². The van der Waals surface area contributed by atoms with E-state index < -0.39 is 11.6 Å². The Bertz CT molecular complexity index is 930. The van der Waals surface area contributed by atoms with E-state index in [0.29, 0.717) is 21.0 Å². The first-order valence-corrected chi connectivity index (χ1v) is 11.0. The van der Waals surface area contributed by atoms with E-state index in [4.69, 9.17) is 21.1 Å². The summed E-state index contributed by atoms with van der Waals surface area (Å²) in [6.45, 7) is 7.40. The van der Waals surface area contributed by atoms with Gasteiger partial charge in [-0.3, -0.25) is 9.59 Å². The molecule has 0 saturated heterocycles. The van der Waals surface area contributed by atoms with Crippen molar-refractivity contribution in [1.82, 2.24) is 10.2 Å². The topological polar surface area (TPSA) is 67.9 Å². The third kappa shape index (κ3) is 7.74. The van der Waals surface area contributed by atoms with Crippen molar-refractivity contribution in [2.24, 2.45) is 0 Å². The van der Waals surface area contributed by atoms with Gasteiger partial charge < -0.3 is 19.7 Å². The summed E-state index contributed by atoms with van der Waals surface area (Å²) in [5.74, 6) is 0.613. The molecule has 0 aliphatic heterocycles. The van der Waals surface area contributed by atoms with Crippen LogP contribution < -0.4 is 14.8 Å². The van der Waals surface area contributed by atoms with Gasteiger partial charge in [0.15, 0.2) is 6.61 Å². The average molecular weight is 512 g/mol. The second-order valence-corrected chi connectivity index (χ2v) is 9.44. The van der Waals surface area contributed by atoms with Crippen LogP contribution in [0.5, 0.6) is 11.5 Å². The van der Waals surface area contributed by atoms with Crippen LogP contribution in [0.15, 0.2) is 46.9 Å². The molecule has 0 bridgehead atoms. The van der Waals surface area contributed by atoms with Crippen LogP contribution in [0.1, 0.15) is 33.3 Å². The van der Waals surface area contributed by atoms with Crippen molar-refractivity contribution in [2.45, 2.75) is 45.8 Å². The van der Waals surface area contributed by atoms with Crippen molar-refractivity contribution in [3.63, 3.8) is 0 Å². The van der Waals surface area contributed by atoms with E-state index >= 15 is 0 Å². The van der Waals surface area contributed by atoms with Gasteiger partial charge >= 0.3 is 0 Å². The van der Waals surface area contributed by atoms with E-state index in [0.717, 1.165) is 5.56 Å². The number of nitrogens with one attached hydrogen (secondary N) is 1. The lowest BCUT2D eigenvalue weighted by atomic mass is 10.1. The van der Waals surface area contributed by atoms with E-state index in [1.54, 1.807) is 32.2 Å². The van der Waals surface area contributed by atoms with Gasteiger partial charge in [0.05, 0.1) is 11.6 Å². The summed E-state index contributed by atoms with van der Waals surface area (Å²) in [7, 11) is 1.58. The summed E-state index contributed by atoms with van der Waals surface area (Å²) < 4.78 is 11.6. The van der Waals surface area contributed by atoms with Gasteiger partial charge in [-0.05, 0) is 79.5 Å². The fourth-order valence-corrected chi connectivity index (χ4v) is 3.64. The van der Waals surface area contributed by atoms with Gasteiger partial charge in [0.25, 0.3) is 5.91 Å². The van der Waals surface area contributed by atoms with Crippen LogP contribution in [0.25, 0.3) is 0 Å². The molecule has 2 aromatic rings. The summed E-state index contributed by atoms with van der Waals surface area (Å²) in [6, 6.07) is 11.7. The molecule has 0 heterocycles. The second-order valence-electron chi connectivity index (χ2n) is 8.15. The van der Waals surface area contributed by atoms with Gasteiger partial charge in [-0.1, -0.05) is 23.7 Å². The number of halogens is 2. The number of carbonyl (C=O) groups is 2. The lowest BCUT2D eigenvalue weighted by Crippen LogP contribution is -2.53. The first-order chi connectivity index (χ1) is 14.5. The zero-order valence-corrected chi connectivity index (χ0v) is 20.7. The van der Waals surface area contributed by atoms with Crippen LogP contribution in [0.4, 0.5) is 0 Å². The third-order valence-electron chi connectivity index (χ3n) is 4.40. The molecule has 1 N–H and O–H groups in total. The molecule has 8 heteroatoms. The zero-order valence-electron chi connectivity index (χ0n) is 18.4. The molecule has 0 aliphatic rings. The predicted octanol–water partition coefficient (Wildman–Crippen LogP) is 4.82. The molecule has 0 saturated carbocycles. The molecule has 0 radical (unpaired) electrons. The van der Waals surface area contributed by atoms with Crippen molar-refractivity contribution in [3.05, 3.63) is 57.5 Å². The smallest absolute Gasteiger partial charge is 0.261 e. The number of ether oxygens (including phenoxy) is 2. The zero-order chi connectivity index (χ0) is 23.2. The molecule has 6 nitrogen and oxygen atoms in total. The van der Waals surface area contributed by atoms with Crippen molar-refractivity contribution < 1.29 is 19.1 Å². The quantitative estimate of drug-likeness (QED) is 0.552. The summed E-state index contributed by atoms with van der Waals surface area (Å²) in [4.78, 5) is 27.4. The number of hydrogen-bond acceptors (Lipinski definition) is 4. The lowest BCUT2D eigenvalue weighted by Gasteiger charge is -2.31. The van der Waals surface area contributed by atoms with E-state index in [2.05, 4.69) is 21.2 Å². The molecule has 2 amide bonds. The lowest BCUT2D eigenvalue weighted by molar-refractivity contribution is -0.142. The second kappa shape index (κ2) is 10.9. The molecule has 0 aromatic heterocycles. The molecule has 1 unspecified atom stereocenters. The Hall–Kier alpha value is -2.25. The normalized spacial score (nSPS) is 12.1. The SMILES string of the molecule is COc1cccc(CN(C(=O)COc2ccc(Cl)cc2Br)C(C)C(=O)NC(C)(C)C)c1. The van der Waals surface area contributed by atoms with Gasteiger partial charge in [0.2, 0.25) is 5.91 Å². The highest BCUT2D eigenvalue weighted by molar-refractivity contribution is 9.10. The molecule has 1 atom stereocenters. The van der Waals surface area contributed by atoms with Gasteiger partial charge in [-0.2, -0.15) is 0 Å². The van der Waals surface area contributed by atoms with Gasteiger partial charge in [0.1, 0.15) is 17.5 Å². The van der Waals surface area contributed by atoms with Crippen LogP contribution in [0.2, 0.25) is 5.02 Å². The fourth-order valence-electron chi connectivity index (χ4n) is 2.84. The number of methoxy groups -OCH3 is 1. The molecule has 31 heavy (non-hydrogen) atoms. The molecule has 2 aromatic carbocycles. The Labute approximate surface area is 197 Å². The average Bonchev–Trinajstić information content (AvgIpc) is 2.69. The predicted molar refractivity (Wildman–Crippen MR) is 126 cm³/mol. The summed E-state index contributed by atoms with van der Waals surface area (Å²) >= 11 is 9.34. The van der Waals surface area contributed by atoms with E-state index in [1.807, 2.05) is 45.0 Å². The Morgan fingerprint density at radius 2 is 1.90 bits per heavy atom. The molecular weight excluding hydrogens is 484 g/mol. The molecular formula is C23H28BrClN2O4. The Kier molecular flexibility index (Phi) is 8.77. The molecule has 0 spiro atoms. The summed E-state index contributed by atoms with van der Waals surface area (Å²) in [5, 5.41) is 3.48. The van der Waals surface area contributed by atoms with Crippen LogP contribution in [-0.2, 0) is 16.1 Å². The molecule has 0 fully saturated rings. The monoisotopic (exact) mass is 510 g/mol. The first kappa shape index (κ1) is 25.0. The highest BCUT2D eigenvalue weighted by Gasteiger charge is 2.28. The van der Waals surface area contributed by atoms with Crippen molar-refractivity contribution >= 4 is 39.3 Å². The van der Waals surface area contributed by atoms with E-state index in [9.17, 15) is 9.59 Å². The standard InChI is InChI=1S/C23H28BrClN2O4/c1-15(22(29)26-23(2,3)4)27(13-16-7-6-8-18(11-16)30-5)21(28)14-31-20-10-9-17(25)12-19(20)24/h6-12,15H,13-14H2,1-5H3,(H,26,29). The maximum atomic E-state index is 13.1. The molecule has 2 rings (SSSR count). The number of rotatable bonds is 8. The number of carbonyl (C=O) groups excluding carboxylic acids is 2. The largest absolute Gasteiger partial charge is 0.497 e. The van der Waals surface area contributed by atoms with Crippen LogP contribution >= 0.6 is 27.5 Å². The van der Waals surface area contributed by atoms with Crippen molar-refractivity contribution in [2.75, 3.05) is 13.7 Å². The maximum Gasteiger partial charge on any atom is 0.261 e.